The van der Waals surface area contributed by atoms with Gasteiger partial charge in [-0.1, -0.05) is 12.1 Å². The van der Waals surface area contributed by atoms with E-state index in [0.717, 1.165) is 0 Å². The van der Waals surface area contributed by atoms with E-state index in [4.69, 9.17) is 4.74 Å². The summed E-state index contributed by atoms with van der Waals surface area (Å²) in [4.78, 5) is 28.9. The van der Waals surface area contributed by atoms with Gasteiger partial charge in [0.05, 0.1) is 18.9 Å². The van der Waals surface area contributed by atoms with Crippen molar-refractivity contribution in [3.05, 3.63) is 64.7 Å². The molecular weight excluding hydrogens is 365 g/mol. The summed E-state index contributed by atoms with van der Waals surface area (Å²) in [5.74, 6) is -0.666. The summed E-state index contributed by atoms with van der Waals surface area (Å²) >= 11 is 0. The highest BCUT2D eigenvalue weighted by molar-refractivity contribution is 5.99. The molecule has 8 heteroatoms. The number of halogens is 1. The third kappa shape index (κ3) is 3.48. The number of aliphatic hydroxyl groups is 1. The fourth-order valence-corrected chi connectivity index (χ4v) is 3.60. The largest absolute Gasteiger partial charge is 0.382 e. The van der Waals surface area contributed by atoms with Gasteiger partial charge in [0, 0.05) is 30.5 Å². The van der Waals surface area contributed by atoms with Crippen LogP contribution >= 0.6 is 0 Å². The average Bonchev–Trinajstić information content (AvgIpc) is 3.12. The number of aliphatic hydroxyl groups excluding tert-OH is 1. The van der Waals surface area contributed by atoms with Gasteiger partial charge < -0.3 is 20.5 Å². The Bertz CT molecular complexity index is 925. The van der Waals surface area contributed by atoms with Crippen molar-refractivity contribution in [2.45, 2.75) is 12.1 Å². The fourth-order valence-electron chi connectivity index (χ4n) is 3.60. The lowest BCUT2D eigenvalue weighted by Crippen LogP contribution is -2.31. The molecule has 1 saturated carbocycles. The van der Waals surface area contributed by atoms with Crippen LogP contribution in [0.4, 0.5) is 4.39 Å². The topological polar surface area (TPSA) is 101 Å². The third-order valence-corrected chi connectivity index (χ3v) is 5.26. The molecule has 3 N–H and O–H groups in total. The van der Waals surface area contributed by atoms with Crippen LogP contribution in [0, 0.1) is 17.7 Å². The van der Waals surface area contributed by atoms with Gasteiger partial charge in [0.2, 0.25) is 0 Å². The fraction of sp³-hybridized carbons (Fsp3) is 0.350. The highest BCUT2D eigenvalue weighted by Crippen LogP contribution is 2.44. The second-order valence-corrected chi connectivity index (χ2v) is 7.07. The van der Waals surface area contributed by atoms with Gasteiger partial charge in [-0.25, -0.2) is 9.37 Å². The van der Waals surface area contributed by atoms with Gasteiger partial charge in [0.15, 0.2) is 0 Å². The molecule has 0 spiro atoms. The Kier molecular flexibility index (Phi) is 4.82. The van der Waals surface area contributed by atoms with Gasteiger partial charge in [-0.2, -0.15) is 0 Å². The van der Waals surface area contributed by atoms with Crippen LogP contribution in [0.25, 0.3) is 0 Å². The van der Waals surface area contributed by atoms with E-state index in [1.165, 1.54) is 37.4 Å². The van der Waals surface area contributed by atoms with Crippen LogP contribution in [0.5, 0.6) is 0 Å². The minimum Gasteiger partial charge on any atom is -0.382 e. The average molecular weight is 385 g/mol. The lowest BCUT2D eigenvalue weighted by atomic mass is 10.0. The molecule has 2 amide bonds. The highest BCUT2D eigenvalue weighted by Gasteiger charge is 2.54. The van der Waals surface area contributed by atoms with Crippen molar-refractivity contribution < 1.29 is 23.8 Å². The lowest BCUT2D eigenvalue weighted by molar-refractivity contribution is 0.0928. The molecule has 146 valence electrons. The Balaban J connectivity index is 1.63. The number of pyridine rings is 1. The predicted molar refractivity (Wildman–Crippen MR) is 97.1 cm³/mol. The molecule has 1 aromatic carbocycles. The summed E-state index contributed by atoms with van der Waals surface area (Å²) in [5, 5.41) is 16.0. The zero-order valence-electron chi connectivity index (χ0n) is 15.2. The van der Waals surface area contributed by atoms with Gasteiger partial charge in [-0.05, 0) is 29.8 Å². The second kappa shape index (κ2) is 7.29. The first kappa shape index (κ1) is 18.5. The minimum absolute atomic E-state index is 0.0000671. The van der Waals surface area contributed by atoms with Crippen molar-refractivity contribution in [1.82, 2.24) is 15.6 Å². The van der Waals surface area contributed by atoms with Crippen LogP contribution < -0.4 is 10.6 Å². The van der Waals surface area contributed by atoms with Crippen LogP contribution in [0.1, 0.15) is 38.2 Å². The van der Waals surface area contributed by atoms with Crippen molar-refractivity contribution in [3.8, 4) is 0 Å². The summed E-state index contributed by atoms with van der Waals surface area (Å²) in [5.41, 5.74) is 0.586. The number of nitrogens with zero attached hydrogens (tertiary/aromatic N) is 1. The van der Waals surface area contributed by atoms with E-state index in [2.05, 4.69) is 15.6 Å². The molecular formula is C20H20FN3O4. The van der Waals surface area contributed by atoms with E-state index in [0.29, 0.717) is 25.0 Å². The van der Waals surface area contributed by atoms with Gasteiger partial charge >= 0.3 is 0 Å². The molecule has 0 bridgehead atoms. The van der Waals surface area contributed by atoms with Crippen LogP contribution in [0.2, 0.25) is 0 Å². The Morgan fingerprint density at radius 3 is 2.64 bits per heavy atom. The molecule has 28 heavy (non-hydrogen) atoms. The summed E-state index contributed by atoms with van der Waals surface area (Å²) in [6, 6.07) is 8.33. The molecule has 1 aliphatic heterocycles. The lowest BCUT2D eigenvalue weighted by Gasteiger charge is -2.14. The smallest absolute Gasteiger partial charge is 0.269 e. The van der Waals surface area contributed by atoms with E-state index in [-0.39, 0.29) is 34.5 Å². The minimum atomic E-state index is -1.28. The van der Waals surface area contributed by atoms with Gasteiger partial charge in [-0.3, -0.25) is 9.59 Å². The quantitative estimate of drug-likeness (QED) is 0.714. The van der Waals surface area contributed by atoms with E-state index < -0.39 is 17.8 Å². The standard InChI is InChI=1S/C20H20FN3O4/c1-22-20(27)16-7-11(19(26)24-17-13-8-28-9-14(13)17)6-15(23-16)18(25)10-3-2-4-12(21)5-10/h2-7,13-14,17-18,25H,8-9H2,1H3,(H,22,27)(H,24,26)/t13-,14+,17?,18-/m0/s1. The van der Waals surface area contributed by atoms with Crippen molar-refractivity contribution in [2.75, 3.05) is 20.3 Å². The Labute approximate surface area is 160 Å². The summed E-state index contributed by atoms with van der Waals surface area (Å²) in [6.07, 6.45) is -1.28. The number of carbonyl (C=O) groups excluding carboxylic acids is 2. The van der Waals surface area contributed by atoms with Gasteiger partial charge in [0.25, 0.3) is 11.8 Å². The number of hydrogen-bond donors (Lipinski definition) is 3. The van der Waals surface area contributed by atoms with Crippen LogP contribution in [-0.2, 0) is 4.74 Å². The second-order valence-electron chi connectivity index (χ2n) is 7.07. The third-order valence-electron chi connectivity index (χ3n) is 5.26. The number of benzene rings is 1. The maximum Gasteiger partial charge on any atom is 0.269 e. The molecule has 0 radical (unpaired) electrons. The van der Waals surface area contributed by atoms with Crippen LogP contribution in [0.15, 0.2) is 36.4 Å². The number of carbonyl (C=O) groups is 2. The molecule has 1 aliphatic carbocycles. The number of rotatable bonds is 5. The highest BCUT2D eigenvalue weighted by atomic mass is 19.1. The number of amides is 2. The molecule has 4 rings (SSSR count). The van der Waals surface area contributed by atoms with E-state index in [1.54, 1.807) is 6.07 Å². The van der Waals surface area contributed by atoms with Crippen molar-refractivity contribution >= 4 is 11.8 Å². The van der Waals surface area contributed by atoms with E-state index in [9.17, 15) is 19.1 Å². The van der Waals surface area contributed by atoms with Gasteiger partial charge in [-0.15, -0.1) is 0 Å². The number of aromatic nitrogens is 1. The van der Waals surface area contributed by atoms with Crippen molar-refractivity contribution in [1.29, 1.82) is 0 Å². The molecule has 4 atom stereocenters. The molecule has 7 nitrogen and oxygen atoms in total. The molecule has 1 saturated heterocycles. The van der Waals surface area contributed by atoms with E-state index in [1.807, 2.05) is 0 Å². The maximum atomic E-state index is 13.5. The van der Waals surface area contributed by atoms with E-state index >= 15 is 0 Å². The summed E-state index contributed by atoms with van der Waals surface area (Å²) in [7, 11) is 1.45. The maximum absolute atomic E-state index is 13.5. The van der Waals surface area contributed by atoms with Gasteiger partial charge in [0.1, 0.15) is 17.6 Å². The molecule has 1 aromatic heterocycles. The first-order valence-electron chi connectivity index (χ1n) is 9.04. The van der Waals surface area contributed by atoms with Crippen molar-refractivity contribution in [2.24, 2.45) is 11.8 Å². The Morgan fingerprint density at radius 2 is 1.96 bits per heavy atom. The molecule has 2 aromatic rings. The molecule has 1 unspecified atom stereocenters. The molecule has 2 fully saturated rings. The first-order valence-corrected chi connectivity index (χ1v) is 9.04. The first-order chi connectivity index (χ1) is 13.5. The SMILES string of the molecule is CNC(=O)c1cc(C(=O)NC2[C@H]3COC[C@@H]23)cc([C@@H](O)c2cccc(F)c2)n1. The summed E-state index contributed by atoms with van der Waals surface area (Å²) in [6.45, 7) is 1.28. The zero-order chi connectivity index (χ0) is 19.8. The normalized spacial score (nSPS) is 23.6. The number of hydrogen-bond acceptors (Lipinski definition) is 5. The number of ether oxygens (including phenoxy) is 1. The number of nitrogens with one attached hydrogen (secondary N) is 2. The molecule has 2 heterocycles. The van der Waals surface area contributed by atoms with Crippen molar-refractivity contribution in [3.63, 3.8) is 0 Å². The number of fused-ring (bicyclic) bond motifs is 1. The Hall–Kier alpha value is -2.84. The Morgan fingerprint density at radius 1 is 1.21 bits per heavy atom. The van der Waals surface area contributed by atoms with Crippen LogP contribution in [-0.4, -0.2) is 48.2 Å². The summed E-state index contributed by atoms with van der Waals surface area (Å²) < 4.78 is 18.8. The zero-order valence-corrected chi connectivity index (χ0v) is 15.2. The monoisotopic (exact) mass is 385 g/mol. The predicted octanol–water partition coefficient (Wildman–Crippen LogP) is 1.04. The van der Waals surface area contributed by atoms with Crippen LogP contribution in [0.3, 0.4) is 0 Å². The molecule has 2 aliphatic rings.